The number of hydrogen-bond acceptors (Lipinski definition) is 7. The maximum atomic E-state index is 12.2. The Hall–Kier alpha value is -3.11. The van der Waals surface area contributed by atoms with Gasteiger partial charge in [0.1, 0.15) is 18.0 Å². The van der Waals surface area contributed by atoms with Crippen molar-refractivity contribution >= 4 is 40.6 Å². The molecule has 3 rings (SSSR count). The van der Waals surface area contributed by atoms with Crippen molar-refractivity contribution in [1.29, 1.82) is 0 Å². The van der Waals surface area contributed by atoms with E-state index in [1.165, 1.54) is 30.0 Å². The summed E-state index contributed by atoms with van der Waals surface area (Å²) in [5, 5.41) is 22.8. The Labute approximate surface area is 175 Å². The largest absolute Gasteiger partial charge is 0.486 e. The zero-order valence-corrected chi connectivity index (χ0v) is 16.8. The zero-order chi connectivity index (χ0) is 20.8. The van der Waals surface area contributed by atoms with Crippen LogP contribution in [0.15, 0.2) is 53.7 Å². The van der Waals surface area contributed by atoms with Crippen molar-refractivity contribution in [2.24, 2.45) is 7.05 Å². The van der Waals surface area contributed by atoms with Crippen LogP contribution < -0.4 is 10.1 Å². The number of carbonyl (C=O) groups is 1. The van der Waals surface area contributed by atoms with E-state index in [1.54, 1.807) is 41.9 Å². The van der Waals surface area contributed by atoms with Crippen LogP contribution in [0.3, 0.4) is 0 Å². The number of aromatic nitrogens is 3. The van der Waals surface area contributed by atoms with Gasteiger partial charge in [-0.1, -0.05) is 35.5 Å². The average Bonchev–Trinajstić information content (AvgIpc) is 3.06. The van der Waals surface area contributed by atoms with E-state index < -0.39 is 4.92 Å². The third-order valence-corrected chi connectivity index (χ3v) is 5.09. The Balaban J connectivity index is 1.55. The highest BCUT2D eigenvalue weighted by Crippen LogP contribution is 2.24. The predicted molar refractivity (Wildman–Crippen MR) is 109 cm³/mol. The Bertz CT molecular complexity index is 1030. The van der Waals surface area contributed by atoms with Crippen LogP contribution in [0.4, 0.5) is 11.4 Å². The molecular formula is C18H16ClN5O4S. The maximum absolute atomic E-state index is 12.2. The molecule has 1 heterocycles. The third kappa shape index (κ3) is 5.46. The molecule has 0 aliphatic rings. The minimum Gasteiger partial charge on any atom is -0.486 e. The molecule has 29 heavy (non-hydrogen) atoms. The molecule has 0 atom stereocenters. The normalized spacial score (nSPS) is 10.6. The molecule has 0 saturated heterocycles. The molecule has 0 aliphatic carbocycles. The first-order valence-electron chi connectivity index (χ1n) is 8.36. The quantitative estimate of drug-likeness (QED) is 0.327. The Kier molecular flexibility index (Phi) is 6.68. The number of ether oxygens (including phenoxy) is 1. The van der Waals surface area contributed by atoms with Crippen LogP contribution >= 0.6 is 23.4 Å². The van der Waals surface area contributed by atoms with Crippen LogP contribution in [0.1, 0.15) is 5.82 Å². The number of para-hydroxylation sites is 2. The second kappa shape index (κ2) is 9.39. The summed E-state index contributed by atoms with van der Waals surface area (Å²) >= 11 is 7.01. The highest BCUT2D eigenvalue weighted by Gasteiger charge is 2.16. The lowest BCUT2D eigenvalue weighted by atomic mass is 10.2. The topological polar surface area (TPSA) is 112 Å². The minimum atomic E-state index is -0.543. The number of thioether (sulfide) groups is 1. The summed E-state index contributed by atoms with van der Waals surface area (Å²) in [7, 11) is 1.77. The number of nitro benzene ring substituents is 1. The smallest absolute Gasteiger partial charge is 0.292 e. The van der Waals surface area contributed by atoms with Gasteiger partial charge >= 0.3 is 0 Å². The molecule has 1 aromatic heterocycles. The fraction of sp³-hybridized carbons (Fsp3) is 0.167. The van der Waals surface area contributed by atoms with Crippen LogP contribution in [0.5, 0.6) is 5.75 Å². The fourth-order valence-corrected chi connectivity index (χ4v) is 3.19. The SMILES string of the molecule is Cn1c(COc2ccc(Cl)cc2)nnc1SCC(=O)Nc1ccccc1[N+](=O)[O-]. The zero-order valence-electron chi connectivity index (χ0n) is 15.2. The van der Waals surface area contributed by atoms with Gasteiger partial charge in [-0.25, -0.2) is 0 Å². The number of nitrogens with one attached hydrogen (secondary N) is 1. The predicted octanol–water partition coefficient (Wildman–Crippen LogP) is 3.69. The number of rotatable bonds is 8. The Morgan fingerprint density at radius 1 is 1.24 bits per heavy atom. The third-order valence-electron chi connectivity index (χ3n) is 3.81. The molecular weight excluding hydrogens is 418 g/mol. The number of nitro groups is 1. The van der Waals surface area contributed by atoms with Gasteiger partial charge in [0.25, 0.3) is 5.69 Å². The Morgan fingerprint density at radius 3 is 2.69 bits per heavy atom. The lowest BCUT2D eigenvalue weighted by molar-refractivity contribution is -0.383. The van der Waals surface area contributed by atoms with E-state index in [0.29, 0.717) is 21.8 Å². The molecule has 1 N–H and O–H groups in total. The second-order valence-corrected chi connectivity index (χ2v) is 7.19. The number of hydrogen-bond donors (Lipinski definition) is 1. The van der Waals surface area contributed by atoms with E-state index in [0.717, 1.165) is 0 Å². The van der Waals surface area contributed by atoms with E-state index >= 15 is 0 Å². The van der Waals surface area contributed by atoms with E-state index in [4.69, 9.17) is 16.3 Å². The first-order chi connectivity index (χ1) is 13.9. The van der Waals surface area contributed by atoms with Gasteiger partial charge in [-0.05, 0) is 30.3 Å². The number of nitrogens with zero attached hydrogens (tertiary/aromatic N) is 4. The summed E-state index contributed by atoms with van der Waals surface area (Å²) < 4.78 is 7.37. The van der Waals surface area contributed by atoms with E-state index in [2.05, 4.69) is 15.5 Å². The standard InChI is InChI=1S/C18H16ClN5O4S/c1-23-16(10-28-13-8-6-12(19)7-9-13)21-22-18(23)29-11-17(25)20-14-4-2-3-5-15(14)24(26)27/h2-9H,10-11H2,1H3,(H,20,25). The van der Waals surface area contributed by atoms with Crippen molar-refractivity contribution in [2.45, 2.75) is 11.8 Å². The number of anilines is 1. The number of halogens is 1. The molecule has 0 bridgehead atoms. The molecule has 1 amide bonds. The molecule has 150 valence electrons. The Morgan fingerprint density at radius 2 is 1.97 bits per heavy atom. The van der Waals surface area contributed by atoms with Gasteiger partial charge in [-0.3, -0.25) is 14.9 Å². The van der Waals surface area contributed by atoms with Crippen LogP contribution in [0, 0.1) is 10.1 Å². The van der Waals surface area contributed by atoms with Gasteiger partial charge in [0.2, 0.25) is 5.91 Å². The van der Waals surface area contributed by atoms with Crippen molar-refractivity contribution in [3.05, 3.63) is 69.5 Å². The van der Waals surface area contributed by atoms with Crippen LogP contribution in [-0.4, -0.2) is 31.3 Å². The number of carbonyl (C=O) groups excluding carboxylic acids is 1. The molecule has 9 nitrogen and oxygen atoms in total. The van der Waals surface area contributed by atoms with Gasteiger partial charge < -0.3 is 14.6 Å². The average molecular weight is 434 g/mol. The minimum absolute atomic E-state index is 0.0239. The van der Waals surface area contributed by atoms with E-state index in [-0.39, 0.29) is 29.6 Å². The lowest BCUT2D eigenvalue weighted by Crippen LogP contribution is -2.15. The van der Waals surface area contributed by atoms with E-state index in [1.807, 2.05) is 0 Å². The van der Waals surface area contributed by atoms with Crippen LogP contribution in [-0.2, 0) is 18.4 Å². The van der Waals surface area contributed by atoms with Gasteiger partial charge in [-0.2, -0.15) is 0 Å². The number of amides is 1. The van der Waals surface area contributed by atoms with Gasteiger partial charge in [0.15, 0.2) is 11.0 Å². The van der Waals surface area contributed by atoms with Crippen molar-refractivity contribution in [2.75, 3.05) is 11.1 Å². The van der Waals surface area contributed by atoms with Crippen LogP contribution in [0.2, 0.25) is 5.02 Å². The summed E-state index contributed by atoms with van der Waals surface area (Å²) in [4.78, 5) is 22.6. The second-order valence-electron chi connectivity index (χ2n) is 5.81. The first-order valence-corrected chi connectivity index (χ1v) is 9.73. The molecule has 0 radical (unpaired) electrons. The summed E-state index contributed by atoms with van der Waals surface area (Å²) in [6.07, 6.45) is 0. The molecule has 0 spiro atoms. The van der Waals surface area contributed by atoms with Crippen LogP contribution in [0.25, 0.3) is 0 Å². The highest BCUT2D eigenvalue weighted by molar-refractivity contribution is 7.99. The maximum Gasteiger partial charge on any atom is 0.292 e. The molecule has 0 saturated carbocycles. The molecule has 2 aromatic carbocycles. The van der Waals surface area contributed by atoms with Gasteiger partial charge in [-0.15, -0.1) is 10.2 Å². The van der Waals surface area contributed by atoms with Crippen molar-refractivity contribution in [3.63, 3.8) is 0 Å². The number of benzene rings is 2. The van der Waals surface area contributed by atoms with Crippen molar-refractivity contribution in [1.82, 2.24) is 14.8 Å². The molecule has 0 aliphatic heterocycles. The van der Waals surface area contributed by atoms with Crippen molar-refractivity contribution < 1.29 is 14.5 Å². The summed E-state index contributed by atoms with van der Waals surface area (Å²) in [6.45, 7) is 0.202. The summed E-state index contributed by atoms with van der Waals surface area (Å²) in [6, 6.07) is 12.9. The monoisotopic (exact) mass is 433 g/mol. The lowest BCUT2D eigenvalue weighted by Gasteiger charge is -2.07. The molecule has 0 unspecified atom stereocenters. The fourth-order valence-electron chi connectivity index (χ4n) is 2.33. The summed E-state index contributed by atoms with van der Waals surface area (Å²) in [5.74, 6) is 0.874. The molecule has 3 aromatic rings. The molecule has 11 heteroatoms. The van der Waals surface area contributed by atoms with Gasteiger partial charge in [0.05, 0.1) is 10.7 Å². The van der Waals surface area contributed by atoms with Crippen molar-refractivity contribution in [3.8, 4) is 5.75 Å². The first kappa shape index (κ1) is 20.6. The van der Waals surface area contributed by atoms with Gasteiger partial charge in [0, 0.05) is 18.1 Å². The molecule has 0 fully saturated rings. The summed E-state index contributed by atoms with van der Waals surface area (Å²) in [5.41, 5.74) is -0.00994. The highest BCUT2D eigenvalue weighted by atomic mass is 35.5. The van der Waals surface area contributed by atoms with E-state index in [9.17, 15) is 14.9 Å².